The van der Waals surface area contributed by atoms with Crippen LogP contribution in [0.2, 0.25) is 0 Å². The van der Waals surface area contributed by atoms with Crippen molar-refractivity contribution in [3.63, 3.8) is 0 Å². The summed E-state index contributed by atoms with van der Waals surface area (Å²) in [4.78, 5) is 48.1. The van der Waals surface area contributed by atoms with Crippen molar-refractivity contribution in [2.75, 3.05) is 10.6 Å². The second-order valence-electron chi connectivity index (χ2n) is 6.72. The van der Waals surface area contributed by atoms with Crippen molar-refractivity contribution in [3.05, 3.63) is 77.1 Å². The minimum Gasteiger partial charge on any atom is -0.321 e. The van der Waals surface area contributed by atoms with Gasteiger partial charge >= 0.3 is 0 Å². The summed E-state index contributed by atoms with van der Waals surface area (Å²) in [5.41, 5.74) is 2.08. The number of carbonyl (C=O) groups is 4. The van der Waals surface area contributed by atoms with Crippen molar-refractivity contribution < 1.29 is 19.2 Å². The van der Waals surface area contributed by atoms with Gasteiger partial charge in [0.15, 0.2) is 17.3 Å². The molecule has 0 aliphatic heterocycles. The third-order valence-corrected chi connectivity index (χ3v) is 4.40. The van der Waals surface area contributed by atoms with Crippen LogP contribution in [0.5, 0.6) is 0 Å². The number of hydrogen-bond acceptors (Lipinski definition) is 5. The number of aromatic nitrogens is 2. The summed E-state index contributed by atoms with van der Waals surface area (Å²) in [6, 6.07) is 14.5. The highest BCUT2D eigenvalue weighted by molar-refractivity contribution is 6.08. The summed E-state index contributed by atoms with van der Waals surface area (Å²) in [6.45, 7) is 2.88. The predicted molar refractivity (Wildman–Crippen MR) is 112 cm³/mol. The molecule has 0 bridgehead atoms. The molecule has 0 spiro atoms. The minimum atomic E-state index is -0.510. The van der Waals surface area contributed by atoms with E-state index < -0.39 is 11.8 Å². The molecule has 1 heterocycles. The monoisotopic (exact) mass is 404 g/mol. The molecule has 0 atom stereocenters. The van der Waals surface area contributed by atoms with E-state index in [1.165, 1.54) is 24.6 Å². The van der Waals surface area contributed by atoms with Crippen molar-refractivity contribution in [1.82, 2.24) is 9.78 Å². The van der Waals surface area contributed by atoms with E-state index in [4.69, 9.17) is 0 Å². The number of nitrogens with one attached hydrogen (secondary N) is 2. The van der Waals surface area contributed by atoms with Crippen LogP contribution >= 0.6 is 0 Å². The Balaban J connectivity index is 1.76. The molecule has 3 aromatic rings. The van der Waals surface area contributed by atoms with Crippen LogP contribution in [0, 0.1) is 0 Å². The Kier molecular flexibility index (Phi) is 5.87. The first kappa shape index (κ1) is 20.7. The first-order chi connectivity index (χ1) is 14.2. The van der Waals surface area contributed by atoms with Crippen LogP contribution in [-0.4, -0.2) is 33.2 Å². The fourth-order valence-electron chi connectivity index (χ4n) is 2.81. The molecule has 1 aromatic heterocycles. The molecule has 0 fully saturated rings. The Labute approximate surface area is 172 Å². The van der Waals surface area contributed by atoms with Gasteiger partial charge in [0.25, 0.3) is 11.8 Å². The lowest BCUT2D eigenvalue weighted by Crippen LogP contribution is -2.16. The summed E-state index contributed by atoms with van der Waals surface area (Å²) in [6.07, 6.45) is 0. The van der Waals surface area contributed by atoms with Crippen LogP contribution < -0.4 is 10.6 Å². The Morgan fingerprint density at radius 2 is 1.27 bits per heavy atom. The highest BCUT2D eigenvalue weighted by Crippen LogP contribution is 2.15. The quantitative estimate of drug-likeness (QED) is 0.613. The summed E-state index contributed by atoms with van der Waals surface area (Å²) in [7, 11) is 1.55. The Hall–Kier alpha value is -4.07. The third kappa shape index (κ3) is 4.67. The van der Waals surface area contributed by atoms with Gasteiger partial charge < -0.3 is 10.6 Å². The molecule has 152 valence electrons. The van der Waals surface area contributed by atoms with Gasteiger partial charge in [0, 0.05) is 35.6 Å². The van der Waals surface area contributed by atoms with Crippen LogP contribution in [0.4, 0.5) is 11.4 Å². The van der Waals surface area contributed by atoms with Gasteiger partial charge in [-0.25, -0.2) is 0 Å². The first-order valence-corrected chi connectivity index (χ1v) is 9.13. The third-order valence-electron chi connectivity index (χ3n) is 4.40. The SMILES string of the molecule is CC(=O)c1cccc(NC(=O)c2cc(C(=O)Nc3cccc(C(C)=O)c3)n(C)n2)c1. The highest BCUT2D eigenvalue weighted by atomic mass is 16.2. The van der Waals surface area contributed by atoms with Gasteiger partial charge in [0.2, 0.25) is 0 Å². The largest absolute Gasteiger partial charge is 0.321 e. The molecule has 0 saturated carbocycles. The molecule has 8 nitrogen and oxygen atoms in total. The van der Waals surface area contributed by atoms with Crippen molar-refractivity contribution in [2.45, 2.75) is 13.8 Å². The maximum Gasteiger partial charge on any atom is 0.276 e. The molecule has 30 heavy (non-hydrogen) atoms. The predicted octanol–water partition coefficient (Wildman–Crippen LogP) is 3.33. The van der Waals surface area contributed by atoms with Gasteiger partial charge in [0.05, 0.1) is 0 Å². The average molecular weight is 404 g/mol. The zero-order valence-electron chi connectivity index (χ0n) is 16.7. The fraction of sp³-hybridized carbons (Fsp3) is 0.136. The topological polar surface area (TPSA) is 110 Å². The number of carbonyl (C=O) groups excluding carboxylic acids is 4. The lowest BCUT2D eigenvalue weighted by molar-refractivity contribution is 0.100. The molecule has 3 rings (SSSR count). The van der Waals surface area contributed by atoms with E-state index in [1.807, 2.05) is 0 Å². The number of hydrogen-bond donors (Lipinski definition) is 2. The average Bonchev–Trinajstić information content (AvgIpc) is 3.10. The van der Waals surface area contributed by atoms with E-state index in [0.29, 0.717) is 22.5 Å². The fourth-order valence-corrected chi connectivity index (χ4v) is 2.81. The number of benzene rings is 2. The lowest BCUT2D eigenvalue weighted by Gasteiger charge is -2.06. The van der Waals surface area contributed by atoms with Crippen LogP contribution in [0.1, 0.15) is 55.5 Å². The van der Waals surface area contributed by atoms with Crippen molar-refractivity contribution in [3.8, 4) is 0 Å². The molecule has 2 aromatic carbocycles. The maximum atomic E-state index is 12.6. The molecule has 0 radical (unpaired) electrons. The summed E-state index contributed by atoms with van der Waals surface area (Å²) in [5.74, 6) is -1.21. The number of aryl methyl sites for hydroxylation is 1. The molecule has 2 amide bonds. The Morgan fingerprint density at radius 3 is 1.77 bits per heavy atom. The maximum absolute atomic E-state index is 12.6. The molecule has 8 heteroatoms. The summed E-state index contributed by atoms with van der Waals surface area (Å²) < 4.78 is 1.30. The van der Waals surface area contributed by atoms with Gasteiger partial charge in [-0.1, -0.05) is 24.3 Å². The minimum absolute atomic E-state index is 0.0494. The number of nitrogens with zero attached hydrogens (tertiary/aromatic N) is 2. The number of amides is 2. The van der Waals surface area contributed by atoms with E-state index in [2.05, 4.69) is 15.7 Å². The zero-order valence-corrected chi connectivity index (χ0v) is 16.7. The number of Topliss-reactive ketones (excluding diaryl/α,β-unsaturated/α-hetero) is 2. The van der Waals surface area contributed by atoms with Gasteiger partial charge in [-0.05, 0) is 38.1 Å². The van der Waals surface area contributed by atoms with Gasteiger partial charge in [-0.2, -0.15) is 5.10 Å². The molecule has 0 aliphatic carbocycles. The summed E-state index contributed by atoms with van der Waals surface area (Å²) >= 11 is 0. The molecule has 2 N–H and O–H groups in total. The highest BCUT2D eigenvalue weighted by Gasteiger charge is 2.18. The second-order valence-corrected chi connectivity index (χ2v) is 6.72. The van der Waals surface area contributed by atoms with Gasteiger partial charge in [-0.3, -0.25) is 23.9 Å². The first-order valence-electron chi connectivity index (χ1n) is 9.13. The standard InChI is InChI=1S/C22H20N4O4/c1-13(27)15-6-4-8-17(10-15)23-21(29)19-12-20(26(3)25-19)22(30)24-18-9-5-7-16(11-18)14(2)28/h4-12H,1-3H3,(H,23,29)(H,24,30). The van der Waals surface area contributed by atoms with E-state index in [1.54, 1.807) is 55.6 Å². The van der Waals surface area contributed by atoms with E-state index in [9.17, 15) is 19.2 Å². The van der Waals surface area contributed by atoms with Crippen LogP contribution in [0.25, 0.3) is 0 Å². The molecular weight excluding hydrogens is 384 g/mol. The van der Waals surface area contributed by atoms with E-state index in [0.717, 1.165) is 0 Å². The molecule has 0 aliphatic rings. The second kappa shape index (κ2) is 8.52. The van der Waals surface area contributed by atoms with Crippen LogP contribution in [0.3, 0.4) is 0 Å². The number of ketones is 2. The van der Waals surface area contributed by atoms with E-state index in [-0.39, 0.29) is 23.0 Å². The lowest BCUT2D eigenvalue weighted by atomic mass is 10.1. The van der Waals surface area contributed by atoms with Gasteiger partial charge in [-0.15, -0.1) is 0 Å². The normalized spacial score (nSPS) is 10.4. The van der Waals surface area contributed by atoms with Gasteiger partial charge in [0.1, 0.15) is 5.69 Å². The van der Waals surface area contributed by atoms with E-state index >= 15 is 0 Å². The Morgan fingerprint density at radius 1 is 0.767 bits per heavy atom. The van der Waals surface area contributed by atoms with Crippen LogP contribution in [0.15, 0.2) is 54.6 Å². The van der Waals surface area contributed by atoms with Crippen molar-refractivity contribution >= 4 is 34.8 Å². The summed E-state index contributed by atoms with van der Waals surface area (Å²) in [5, 5.41) is 9.46. The molecular formula is C22H20N4O4. The molecule has 0 unspecified atom stereocenters. The smallest absolute Gasteiger partial charge is 0.276 e. The molecule has 0 saturated heterocycles. The number of rotatable bonds is 6. The Bertz CT molecular complexity index is 1160. The van der Waals surface area contributed by atoms with Crippen molar-refractivity contribution in [1.29, 1.82) is 0 Å². The number of anilines is 2. The van der Waals surface area contributed by atoms with Crippen molar-refractivity contribution in [2.24, 2.45) is 7.05 Å². The van der Waals surface area contributed by atoms with Crippen LogP contribution in [-0.2, 0) is 7.05 Å². The zero-order chi connectivity index (χ0) is 21.8.